The summed E-state index contributed by atoms with van der Waals surface area (Å²) in [7, 11) is 2.11. The average Bonchev–Trinajstić information content (AvgIpc) is 2.86. The van der Waals surface area contributed by atoms with Crippen molar-refractivity contribution in [2.45, 2.75) is 18.9 Å². The lowest BCUT2D eigenvalue weighted by Crippen LogP contribution is -2.35. The number of pyridine rings is 1. The van der Waals surface area contributed by atoms with E-state index >= 15 is 0 Å². The molecule has 9 nitrogen and oxygen atoms in total. The number of hydrogen-bond acceptors (Lipinski definition) is 8. The number of hydrogen-bond donors (Lipinski definition) is 3. The first-order chi connectivity index (χ1) is 17.0. The van der Waals surface area contributed by atoms with E-state index in [1.165, 1.54) is 6.20 Å². The maximum absolute atomic E-state index is 12.7. The third-order valence-electron chi connectivity index (χ3n) is 5.46. The lowest BCUT2D eigenvalue weighted by molar-refractivity contribution is 0.0958. The van der Waals surface area contributed by atoms with Gasteiger partial charge in [-0.05, 0) is 50.2 Å². The summed E-state index contributed by atoms with van der Waals surface area (Å²) in [5.41, 5.74) is 1.04. The normalized spacial score (nSPS) is 14.2. The van der Waals surface area contributed by atoms with Gasteiger partial charge in [0.1, 0.15) is 23.3 Å². The third-order valence-corrected chi connectivity index (χ3v) is 5.72. The van der Waals surface area contributed by atoms with Gasteiger partial charge in [0.2, 0.25) is 11.8 Å². The summed E-state index contributed by atoms with van der Waals surface area (Å²) in [6, 6.07) is 12.6. The summed E-state index contributed by atoms with van der Waals surface area (Å²) in [4.78, 5) is 28.4. The van der Waals surface area contributed by atoms with Crippen molar-refractivity contribution in [2.24, 2.45) is 0 Å². The second kappa shape index (κ2) is 11.6. The van der Waals surface area contributed by atoms with E-state index in [2.05, 4.69) is 49.4 Å². The predicted octanol–water partition coefficient (Wildman–Crippen LogP) is 4.40. The van der Waals surface area contributed by atoms with E-state index in [4.69, 9.17) is 16.3 Å². The van der Waals surface area contributed by atoms with E-state index in [9.17, 15) is 4.79 Å². The van der Waals surface area contributed by atoms with Gasteiger partial charge in [0.05, 0.1) is 0 Å². The van der Waals surface area contributed by atoms with Crippen LogP contribution in [0.15, 0.2) is 61.3 Å². The molecule has 0 radical (unpaired) electrons. The molecule has 3 heterocycles. The van der Waals surface area contributed by atoms with Crippen molar-refractivity contribution in [3.05, 3.63) is 71.9 Å². The molecular weight excluding hydrogens is 466 g/mol. The van der Waals surface area contributed by atoms with Crippen LogP contribution < -0.4 is 20.7 Å². The van der Waals surface area contributed by atoms with Gasteiger partial charge in [-0.1, -0.05) is 23.7 Å². The van der Waals surface area contributed by atoms with Crippen LogP contribution in [-0.2, 0) is 0 Å². The molecule has 1 amide bonds. The highest BCUT2D eigenvalue weighted by molar-refractivity contribution is 6.30. The van der Waals surface area contributed by atoms with Gasteiger partial charge in [0.25, 0.3) is 5.91 Å². The van der Waals surface area contributed by atoms with Gasteiger partial charge < -0.3 is 25.6 Å². The standard InChI is InChI=1S/C25H28ClN7O2/c1-3-13-27-24(34)20-16-28-25(29-18-9-7-17(26)8-10-18)32-23(20)31-21-5-4-6-22(30-21)35-19-11-14-33(2)15-12-19/h3-10,16,19H,1,11-15H2,2H3,(H,27,34)(H2,28,29,30,31,32). The zero-order valence-corrected chi connectivity index (χ0v) is 20.3. The Morgan fingerprint density at radius 3 is 2.69 bits per heavy atom. The van der Waals surface area contributed by atoms with Gasteiger partial charge in [0.15, 0.2) is 0 Å². The van der Waals surface area contributed by atoms with Crippen LogP contribution in [0.3, 0.4) is 0 Å². The number of amides is 1. The van der Waals surface area contributed by atoms with Crippen molar-refractivity contribution in [3.63, 3.8) is 0 Å². The maximum atomic E-state index is 12.7. The van der Waals surface area contributed by atoms with Crippen molar-refractivity contribution in [1.82, 2.24) is 25.2 Å². The summed E-state index contributed by atoms with van der Waals surface area (Å²) in [6.45, 7) is 5.95. The Hall–Kier alpha value is -3.69. The van der Waals surface area contributed by atoms with Gasteiger partial charge in [-0.2, -0.15) is 9.97 Å². The lowest BCUT2D eigenvalue weighted by Gasteiger charge is -2.29. The van der Waals surface area contributed by atoms with Crippen LogP contribution in [0.25, 0.3) is 0 Å². The summed E-state index contributed by atoms with van der Waals surface area (Å²) < 4.78 is 6.10. The fraction of sp³-hybridized carbons (Fsp3) is 0.280. The fourth-order valence-corrected chi connectivity index (χ4v) is 3.70. The number of benzene rings is 1. The molecule has 0 unspecified atom stereocenters. The Kier molecular flexibility index (Phi) is 8.12. The minimum Gasteiger partial charge on any atom is -0.474 e. The molecule has 1 aromatic carbocycles. The molecule has 0 bridgehead atoms. The molecular formula is C25H28ClN7O2. The zero-order valence-electron chi connectivity index (χ0n) is 19.5. The number of likely N-dealkylation sites (tertiary alicyclic amines) is 1. The minimum absolute atomic E-state index is 0.128. The molecule has 3 N–H and O–H groups in total. The van der Waals surface area contributed by atoms with E-state index in [1.54, 1.807) is 24.3 Å². The molecule has 0 saturated carbocycles. The molecule has 4 rings (SSSR count). The van der Waals surface area contributed by atoms with Crippen molar-refractivity contribution in [3.8, 4) is 5.88 Å². The van der Waals surface area contributed by atoms with Crippen LogP contribution in [0.5, 0.6) is 5.88 Å². The molecule has 0 spiro atoms. The zero-order chi connectivity index (χ0) is 24.6. The van der Waals surface area contributed by atoms with Crippen LogP contribution in [0, 0.1) is 0 Å². The van der Waals surface area contributed by atoms with Crippen molar-refractivity contribution in [1.29, 1.82) is 0 Å². The molecule has 0 atom stereocenters. The molecule has 1 saturated heterocycles. The Morgan fingerprint density at radius 1 is 1.17 bits per heavy atom. The Labute approximate surface area is 209 Å². The SMILES string of the molecule is C=CCNC(=O)c1cnc(Nc2ccc(Cl)cc2)nc1Nc1cccc(OC2CCN(C)CC2)n1. The van der Waals surface area contributed by atoms with Gasteiger partial charge in [-0.15, -0.1) is 6.58 Å². The van der Waals surface area contributed by atoms with Crippen LogP contribution in [-0.4, -0.2) is 58.5 Å². The number of anilines is 4. The second-order valence-electron chi connectivity index (χ2n) is 8.19. The molecule has 3 aromatic rings. The second-order valence-corrected chi connectivity index (χ2v) is 8.63. The summed E-state index contributed by atoms with van der Waals surface area (Å²) >= 11 is 5.97. The Balaban J connectivity index is 1.55. The first-order valence-electron chi connectivity index (χ1n) is 11.4. The first kappa shape index (κ1) is 24.4. The largest absolute Gasteiger partial charge is 0.474 e. The number of carbonyl (C=O) groups is 1. The monoisotopic (exact) mass is 493 g/mol. The summed E-state index contributed by atoms with van der Waals surface area (Å²) in [6.07, 6.45) is 5.10. The number of nitrogens with one attached hydrogen (secondary N) is 3. The fourth-order valence-electron chi connectivity index (χ4n) is 3.57. The van der Waals surface area contributed by atoms with Crippen molar-refractivity contribution in [2.75, 3.05) is 37.3 Å². The van der Waals surface area contributed by atoms with Gasteiger partial charge in [-0.3, -0.25) is 4.79 Å². The lowest BCUT2D eigenvalue weighted by atomic mass is 10.1. The van der Waals surface area contributed by atoms with Gasteiger partial charge >= 0.3 is 0 Å². The molecule has 1 aliphatic rings. The van der Waals surface area contributed by atoms with E-state index < -0.39 is 0 Å². The van der Waals surface area contributed by atoms with Crippen molar-refractivity contribution >= 4 is 40.8 Å². The van der Waals surface area contributed by atoms with E-state index in [0.717, 1.165) is 31.6 Å². The molecule has 2 aromatic heterocycles. The average molecular weight is 494 g/mol. The summed E-state index contributed by atoms with van der Waals surface area (Å²) in [5, 5.41) is 9.65. The number of rotatable bonds is 9. The molecule has 1 aliphatic heterocycles. The van der Waals surface area contributed by atoms with Crippen LogP contribution in [0.4, 0.5) is 23.3 Å². The Bertz CT molecular complexity index is 1160. The topological polar surface area (TPSA) is 104 Å². The van der Waals surface area contributed by atoms with Crippen LogP contribution >= 0.6 is 11.6 Å². The Morgan fingerprint density at radius 2 is 1.94 bits per heavy atom. The number of nitrogens with zero attached hydrogens (tertiary/aromatic N) is 4. The number of ether oxygens (including phenoxy) is 1. The van der Waals surface area contributed by atoms with Crippen LogP contribution in [0.2, 0.25) is 5.02 Å². The van der Waals surface area contributed by atoms with E-state index in [-0.39, 0.29) is 17.6 Å². The van der Waals surface area contributed by atoms with E-state index in [0.29, 0.717) is 35.0 Å². The predicted molar refractivity (Wildman–Crippen MR) is 138 cm³/mol. The highest BCUT2D eigenvalue weighted by Crippen LogP contribution is 2.24. The highest BCUT2D eigenvalue weighted by atomic mass is 35.5. The number of aromatic nitrogens is 3. The van der Waals surface area contributed by atoms with Crippen molar-refractivity contribution < 1.29 is 9.53 Å². The third kappa shape index (κ3) is 6.91. The van der Waals surface area contributed by atoms with E-state index in [1.807, 2.05) is 24.3 Å². The minimum atomic E-state index is -0.329. The van der Waals surface area contributed by atoms with Crippen LogP contribution in [0.1, 0.15) is 23.2 Å². The number of carbonyl (C=O) groups excluding carboxylic acids is 1. The molecule has 1 fully saturated rings. The molecule has 35 heavy (non-hydrogen) atoms. The molecule has 0 aliphatic carbocycles. The first-order valence-corrected chi connectivity index (χ1v) is 11.8. The maximum Gasteiger partial charge on any atom is 0.256 e. The van der Waals surface area contributed by atoms with Gasteiger partial charge in [-0.25, -0.2) is 4.98 Å². The molecule has 182 valence electrons. The molecule has 10 heteroatoms. The quantitative estimate of drug-likeness (QED) is 0.377. The smallest absolute Gasteiger partial charge is 0.256 e. The van der Waals surface area contributed by atoms with Gasteiger partial charge in [0, 0.05) is 42.6 Å². The summed E-state index contributed by atoms with van der Waals surface area (Å²) in [5.74, 6) is 1.32. The number of piperidine rings is 1. The highest BCUT2D eigenvalue weighted by Gasteiger charge is 2.19. The number of halogens is 1.